The number of rotatable bonds is 3. The lowest BCUT2D eigenvalue weighted by Gasteiger charge is -2.15. The van der Waals surface area contributed by atoms with Gasteiger partial charge in [-0.05, 0) is 42.5 Å². The molecular formula is C13H10ClF3N2O2S. The standard InChI is InChI=1S/C13H10ClF3N2O2S/c14-8-1-6-12(11(7-8)13(15,16)17)19-22(20,21)10-4-2-9(18)3-5-10/h1-7,19H,18H2. The molecule has 0 heterocycles. The average Bonchev–Trinajstić information content (AvgIpc) is 2.40. The van der Waals surface area contributed by atoms with Crippen molar-refractivity contribution >= 4 is 33.0 Å². The zero-order valence-electron chi connectivity index (χ0n) is 10.9. The Morgan fingerprint density at radius 1 is 1.05 bits per heavy atom. The van der Waals surface area contributed by atoms with E-state index in [-0.39, 0.29) is 9.92 Å². The first kappa shape index (κ1) is 16.4. The van der Waals surface area contributed by atoms with Gasteiger partial charge in [-0.25, -0.2) is 8.42 Å². The normalized spacial score (nSPS) is 12.2. The van der Waals surface area contributed by atoms with E-state index < -0.39 is 27.5 Å². The molecule has 0 aliphatic carbocycles. The first-order chi connectivity index (χ1) is 10.1. The summed E-state index contributed by atoms with van der Waals surface area (Å²) in [4.78, 5) is -0.204. The van der Waals surface area contributed by atoms with Crippen LogP contribution in [0.2, 0.25) is 5.02 Å². The molecule has 4 nitrogen and oxygen atoms in total. The third kappa shape index (κ3) is 3.63. The van der Waals surface area contributed by atoms with Crippen LogP contribution in [0.1, 0.15) is 5.56 Å². The Morgan fingerprint density at radius 2 is 1.64 bits per heavy atom. The molecule has 2 aromatic rings. The monoisotopic (exact) mass is 350 g/mol. The lowest BCUT2D eigenvalue weighted by molar-refractivity contribution is -0.136. The number of nitrogen functional groups attached to an aromatic ring is 1. The minimum absolute atomic E-state index is 0.150. The van der Waals surface area contributed by atoms with Crippen LogP contribution in [-0.2, 0) is 16.2 Å². The fourth-order valence-corrected chi connectivity index (χ4v) is 2.94. The summed E-state index contributed by atoms with van der Waals surface area (Å²) in [6.07, 6.45) is -4.75. The lowest BCUT2D eigenvalue weighted by Crippen LogP contribution is -2.17. The SMILES string of the molecule is Nc1ccc(S(=O)(=O)Nc2ccc(Cl)cc2C(F)(F)F)cc1. The number of nitrogens with two attached hydrogens (primary N) is 1. The topological polar surface area (TPSA) is 72.2 Å². The minimum atomic E-state index is -4.75. The molecule has 9 heteroatoms. The number of hydrogen-bond acceptors (Lipinski definition) is 3. The predicted molar refractivity (Wildman–Crippen MR) is 78.1 cm³/mol. The summed E-state index contributed by atoms with van der Waals surface area (Å²) in [6.45, 7) is 0. The molecule has 3 N–H and O–H groups in total. The smallest absolute Gasteiger partial charge is 0.399 e. The van der Waals surface area contributed by atoms with Gasteiger partial charge in [-0.2, -0.15) is 13.2 Å². The maximum atomic E-state index is 12.9. The van der Waals surface area contributed by atoms with Gasteiger partial charge >= 0.3 is 6.18 Å². The molecule has 0 saturated carbocycles. The van der Waals surface area contributed by atoms with E-state index in [0.717, 1.165) is 12.1 Å². The number of nitrogens with one attached hydrogen (secondary N) is 1. The van der Waals surface area contributed by atoms with Crippen LogP contribution in [0.3, 0.4) is 0 Å². The Bertz CT molecular complexity index is 790. The molecule has 0 fully saturated rings. The Hall–Kier alpha value is -1.93. The number of anilines is 2. The van der Waals surface area contributed by atoms with E-state index in [1.807, 2.05) is 4.72 Å². The molecule has 0 unspecified atom stereocenters. The summed E-state index contributed by atoms with van der Waals surface area (Å²) in [5.74, 6) is 0. The van der Waals surface area contributed by atoms with Crippen molar-refractivity contribution in [2.45, 2.75) is 11.1 Å². The maximum Gasteiger partial charge on any atom is 0.418 e. The molecule has 0 spiro atoms. The van der Waals surface area contributed by atoms with Crippen molar-refractivity contribution in [3.63, 3.8) is 0 Å². The fraction of sp³-hybridized carbons (Fsp3) is 0.0769. The highest BCUT2D eigenvalue weighted by Crippen LogP contribution is 2.37. The molecule has 118 valence electrons. The van der Waals surface area contributed by atoms with Crippen LogP contribution in [0.4, 0.5) is 24.5 Å². The van der Waals surface area contributed by atoms with Gasteiger partial charge < -0.3 is 5.73 Å². The number of benzene rings is 2. The van der Waals surface area contributed by atoms with Gasteiger partial charge in [0.15, 0.2) is 0 Å². The number of sulfonamides is 1. The second kappa shape index (κ2) is 5.69. The zero-order valence-corrected chi connectivity index (χ0v) is 12.4. The largest absolute Gasteiger partial charge is 0.418 e. The number of halogens is 4. The quantitative estimate of drug-likeness (QED) is 0.828. The van der Waals surface area contributed by atoms with E-state index in [2.05, 4.69) is 0 Å². The summed E-state index contributed by atoms with van der Waals surface area (Å²) in [5.41, 5.74) is 4.01. The minimum Gasteiger partial charge on any atom is -0.399 e. The molecule has 2 aromatic carbocycles. The predicted octanol–water partition coefficient (Wildman–Crippen LogP) is 3.74. The Morgan fingerprint density at radius 3 is 2.18 bits per heavy atom. The Kier molecular flexibility index (Phi) is 4.25. The van der Waals surface area contributed by atoms with Crippen molar-refractivity contribution in [1.82, 2.24) is 0 Å². The Balaban J connectivity index is 2.44. The number of hydrogen-bond donors (Lipinski definition) is 2. The van der Waals surface area contributed by atoms with Gasteiger partial charge in [0, 0.05) is 10.7 Å². The van der Waals surface area contributed by atoms with Gasteiger partial charge in [0.25, 0.3) is 10.0 Å². The summed E-state index contributed by atoms with van der Waals surface area (Å²) in [6, 6.07) is 7.84. The van der Waals surface area contributed by atoms with E-state index in [1.54, 1.807) is 0 Å². The van der Waals surface area contributed by atoms with Crippen LogP contribution in [-0.4, -0.2) is 8.42 Å². The van der Waals surface area contributed by atoms with Gasteiger partial charge in [0.1, 0.15) is 0 Å². The van der Waals surface area contributed by atoms with Crippen LogP contribution in [0.25, 0.3) is 0 Å². The van der Waals surface area contributed by atoms with Crippen molar-refractivity contribution in [3.8, 4) is 0 Å². The number of alkyl halides is 3. The van der Waals surface area contributed by atoms with Crippen LogP contribution >= 0.6 is 11.6 Å². The zero-order chi connectivity index (χ0) is 16.5. The molecule has 0 aromatic heterocycles. The van der Waals surface area contributed by atoms with Gasteiger partial charge in [-0.3, -0.25) is 4.72 Å². The van der Waals surface area contributed by atoms with E-state index in [1.165, 1.54) is 24.3 Å². The molecule has 2 rings (SSSR count). The van der Waals surface area contributed by atoms with Gasteiger partial charge in [0.05, 0.1) is 16.1 Å². The van der Waals surface area contributed by atoms with Gasteiger partial charge in [-0.1, -0.05) is 11.6 Å². The third-order valence-electron chi connectivity index (χ3n) is 2.72. The summed E-state index contributed by atoms with van der Waals surface area (Å²) in [5, 5.41) is -0.150. The molecule has 0 atom stereocenters. The van der Waals surface area contributed by atoms with E-state index >= 15 is 0 Å². The van der Waals surface area contributed by atoms with Crippen molar-refractivity contribution in [2.24, 2.45) is 0 Å². The van der Waals surface area contributed by atoms with E-state index in [9.17, 15) is 21.6 Å². The molecule has 0 aliphatic heterocycles. The second-order valence-corrected chi connectivity index (χ2v) is 6.48. The molecule has 0 bridgehead atoms. The third-order valence-corrected chi connectivity index (χ3v) is 4.34. The highest BCUT2D eigenvalue weighted by molar-refractivity contribution is 7.92. The van der Waals surface area contributed by atoms with Crippen molar-refractivity contribution in [3.05, 3.63) is 53.1 Å². The van der Waals surface area contributed by atoms with Gasteiger partial charge in [-0.15, -0.1) is 0 Å². The van der Waals surface area contributed by atoms with Crippen LogP contribution in [0, 0.1) is 0 Å². The highest BCUT2D eigenvalue weighted by Gasteiger charge is 2.35. The lowest BCUT2D eigenvalue weighted by atomic mass is 10.2. The fourth-order valence-electron chi connectivity index (χ4n) is 1.69. The van der Waals surface area contributed by atoms with Crippen LogP contribution < -0.4 is 10.5 Å². The van der Waals surface area contributed by atoms with Gasteiger partial charge in [0.2, 0.25) is 0 Å². The Labute approximate surface area is 129 Å². The maximum absolute atomic E-state index is 12.9. The average molecular weight is 351 g/mol. The highest BCUT2D eigenvalue weighted by atomic mass is 35.5. The van der Waals surface area contributed by atoms with Crippen LogP contribution in [0.5, 0.6) is 0 Å². The van der Waals surface area contributed by atoms with E-state index in [4.69, 9.17) is 17.3 Å². The molecule has 0 aliphatic rings. The van der Waals surface area contributed by atoms with E-state index in [0.29, 0.717) is 11.8 Å². The first-order valence-electron chi connectivity index (χ1n) is 5.85. The van der Waals surface area contributed by atoms with Crippen LogP contribution in [0.15, 0.2) is 47.4 Å². The molecule has 0 amide bonds. The molecular weight excluding hydrogens is 341 g/mol. The van der Waals surface area contributed by atoms with Crippen molar-refractivity contribution in [2.75, 3.05) is 10.5 Å². The molecule has 0 saturated heterocycles. The summed E-state index contributed by atoms with van der Waals surface area (Å²) in [7, 11) is -4.17. The summed E-state index contributed by atoms with van der Waals surface area (Å²) < 4.78 is 65.0. The summed E-state index contributed by atoms with van der Waals surface area (Å²) >= 11 is 5.54. The second-order valence-electron chi connectivity index (χ2n) is 4.36. The first-order valence-corrected chi connectivity index (χ1v) is 7.71. The van der Waals surface area contributed by atoms with Crippen molar-refractivity contribution in [1.29, 1.82) is 0 Å². The molecule has 22 heavy (non-hydrogen) atoms. The van der Waals surface area contributed by atoms with Crippen molar-refractivity contribution < 1.29 is 21.6 Å². The molecule has 0 radical (unpaired) electrons.